The lowest BCUT2D eigenvalue weighted by Crippen LogP contribution is -2.40. The van der Waals surface area contributed by atoms with E-state index in [0.29, 0.717) is 35.9 Å². The van der Waals surface area contributed by atoms with E-state index in [1.165, 1.54) is 0 Å². The maximum absolute atomic E-state index is 13.3. The van der Waals surface area contributed by atoms with Crippen LogP contribution in [0.5, 0.6) is 0 Å². The highest BCUT2D eigenvalue weighted by molar-refractivity contribution is 5.95. The van der Waals surface area contributed by atoms with E-state index in [2.05, 4.69) is 25.2 Å². The van der Waals surface area contributed by atoms with E-state index in [1.807, 2.05) is 42.2 Å². The Kier molecular flexibility index (Phi) is 5.45. The second-order valence-corrected chi connectivity index (χ2v) is 7.96. The highest BCUT2D eigenvalue weighted by atomic mass is 16.5. The van der Waals surface area contributed by atoms with E-state index in [1.54, 1.807) is 29.5 Å². The molecule has 0 N–H and O–H groups in total. The standard InChI is InChI=1S/C23H23N7O2/c1-16-19(13-26-30(16)18-7-3-2-4-8-18)23(31)29-11-5-6-17(15-29)12-21-27-22(28-32-21)20-14-24-9-10-25-20/h2-4,7-10,13-14,17H,5-6,11-12,15H2,1H3. The van der Waals surface area contributed by atoms with Gasteiger partial charge >= 0.3 is 0 Å². The van der Waals surface area contributed by atoms with Crippen molar-refractivity contribution in [3.8, 4) is 17.2 Å². The molecule has 9 heteroatoms. The van der Waals surface area contributed by atoms with Crippen molar-refractivity contribution in [3.05, 3.63) is 72.3 Å². The first-order chi connectivity index (χ1) is 15.7. The predicted octanol–water partition coefficient (Wildman–Crippen LogP) is 3.12. The molecule has 0 spiro atoms. The number of aromatic nitrogens is 6. The van der Waals surface area contributed by atoms with E-state index in [4.69, 9.17) is 4.52 Å². The van der Waals surface area contributed by atoms with E-state index >= 15 is 0 Å². The first-order valence-electron chi connectivity index (χ1n) is 10.7. The highest BCUT2D eigenvalue weighted by Gasteiger charge is 2.28. The van der Waals surface area contributed by atoms with Crippen molar-refractivity contribution in [2.45, 2.75) is 26.2 Å². The van der Waals surface area contributed by atoms with E-state index in [9.17, 15) is 4.79 Å². The Labute approximate surface area is 185 Å². The van der Waals surface area contributed by atoms with Crippen LogP contribution in [0.25, 0.3) is 17.2 Å². The van der Waals surface area contributed by atoms with Gasteiger partial charge in [-0.05, 0) is 37.8 Å². The third-order valence-electron chi connectivity index (χ3n) is 5.77. The number of hydrogen-bond donors (Lipinski definition) is 0. The average Bonchev–Trinajstić information content (AvgIpc) is 3.46. The van der Waals surface area contributed by atoms with Crippen molar-refractivity contribution < 1.29 is 9.32 Å². The van der Waals surface area contributed by atoms with Crippen LogP contribution >= 0.6 is 0 Å². The molecule has 0 radical (unpaired) electrons. The van der Waals surface area contributed by atoms with Crippen molar-refractivity contribution in [1.82, 2.24) is 34.8 Å². The lowest BCUT2D eigenvalue weighted by atomic mass is 9.94. The molecule has 1 atom stereocenters. The quantitative estimate of drug-likeness (QED) is 0.480. The molecule has 9 nitrogen and oxygen atoms in total. The highest BCUT2D eigenvalue weighted by Crippen LogP contribution is 2.24. The summed E-state index contributed by atoms with van der Waals surface area (Å²) >= 11 is 0. The van der Waals surface area contributed by atoms with Gasteiger partial charge in [-0.2, -0.15) is 10.1 Å². The number of nitrogens with zero attached hydrogens (tertiary/aromatic N) is 7. The summed E-state index contributed by atoms with van der Waals surface area (Å²) in [4.78, 5) is 27.9. The van der Waals surface area contributed by atoms with Gasteiger partial charge in [0.2, 0.25) is 11.7 Å². The summed E-state index contributed by atoms with van der Waals surface area (Å²) in [5.74, 6) is 1.26. The molecule has 1 aliphatic rings. The van der Waals surface area contributed by atoms with Crippen LogP contribution in [0, 0.1) is 12.8 Å². The molecule has 1 aromatic carbocycles. The molecule has 162 valence electrons. The van der Waals surface area contributed by atoms with Crippen LogP contribution in [0.1, 0.15) is 34.8 Å². The Bertz CT molecular complexity index is 1200. The first-order valence-corrected chi connectivity index (χ1v) is 10.7. The van der Waals surface area contributed by atoms with Crippen LogP contribution < -0.4 is 0 Å². The summed E-state index contributed by atoms with van der Waals surface area (Å²) in [7, 11) is 0. The van der Waals surface area contributed by atoms with Crippen LogP contribution in [-0.2, 0) is 6.42 Å². The number of piperidine rings is 1. The van der Waals surface area contributed by atoms with Gasteiger partial charge < -0.3 is 9.42 Å². The van der Waals surface area contributed by atoms with Gasteiger partial charge in [0, 0.05) is 31.9 Å². The maximum atomic E-state index is 13.3. The first kappa shape index (κ1) is 20.0. The van der Waals surface area contributed by atoms with Gasteiger partial charge in [0.1, 0.15) is 5.69 Å². The zero-order valence-corrected chi connectivity index (χ0v) is 17.8. The fourth-order valence-corrected chi connectivity index (χ4v) is 4.14. The SMILES string of the molecule is Cc1c(C(=O)N2CCCC(Cc3nc(-c4cnccn4)no3)C2)cnn1-c1ccccc1. The largest absolute Gasteiger partial charge is 0.339 e. The Balaban J connectivity index is 1.27. The minimum atomic E-state index is 0.0140. The fourth-order valence-electron chi connectivity index (χ4n) is 4.14. The Morgan fingerprint density at radius 1 is 1.19 bits per heavy atom. The normalized spacial score (nSPS) is 16.3. The predicted molar refractivity (Wildman–Crippen MR) is 116 cm³/mol. The summed E-state index contributed by atoms with van der Waals surface area (Å²) in [6.45, 7) is 3.32. The topological polar surface area (TPSA) is 103 Å². The molecular formula is C23H23N7O2. The molecule has 32 heavy (non-hydrogen) atoms. The van der Waals surface area contributed by atoms with Crippen molar-refractivity contribution in [2.75, 3.05) is 13.1 Å². The monoisotopic (exact) mass is 429 g/mol. The number of carbonyl (C=O) groups is 1. The van der Waals surface area contributed by atoms with Gasteiger partial charge in [0.25, 0.3) is 5.91 Å². The number of para-hydroxylation sites is 1. The Morgan fingerprint density at radius 2 is 2.06 bits per heavy atom. The lowest BCUT2D eigenvalue weighted by molar-refractivity contribution is 0.0667. The average molecular weight is 429 g/mol. The van der Waals surface area contributed by atoms with Gasteiger partial charge in [-0.3, -0.25) is 9.78 Å². The van der Waals surface area contributed by atoms with Crippen molar-refractivity contribution in [2.24, 2.45) is 5.92 Å². The van der Waals surface area contributed by atoms with Gasteiger partial charge in [-0.1, -0.05) is 23.4 Å². The number of benzene rings is 1. The maximum Gasteiger partial charge on any atom is 0.257 e. The van der Waals surface area contributed by atoms with Crippen LogP contribution in [0.15, 0.2) is 59.6 Å². The van der Waals surface area contributed by atoms with Crippen LogP contribution in [0.4, 0.5) is 0 Å². The van der Waals surface area contributed by atoms with Crippen molar-refractivity contribution in [3.63, 3.8) is 0 Å². The summed E-state index contributed by atoms with van der Waals surface area (Å²) in [6.07, 6.45) is 9.04. The van der Waals surface area contributed by atoms with Crippen LogP contribution in [-0.4, -0.2) is 53.8 Å². The van der Waals surface area contributed by atoms with E-state index < -0.39 is 0 Å². The zero-order valence-electron chi connectivity index (χ0n) is 17.8. The lowest BCUT2D eigenvalue weighted by Gasteiger charge is -2.32. The van der Waals surface area contributed by atoms with Crippen molar-refractivity contribution >= 4 is 5.91 Å². The molecule has 4 heterocycles. The molecule has 3 aromatic heterocycles. The minimum Gasteiger partial charge on any atom is -0.339 e. The number of likely N-dealkylation sites (tertiary alicyclic amines) is 1. The Hall–Kier alpha value is -3.88. The molecule has 0 bridgehead atoms. The number of hydrogen-bond acceptors (Lipinski definition) is 7. The molecule has 1 amide bonds. The summed E-state index contributed by atoms with van der Waals surface area (Å²) in [5.41, 5.74) is 3.00. The molecule has 1 unspecified atom stereocenters. The van der Waals surface area contributed by atoms with Gasteiger partial charge in [-0.25, -0.2) is 9.67 Å². The molecular weight excluding hydrogens is 406 g/mol. The van der Waals surface area contributed by atoms with Crippen molar-refractivity contribution in [1.29, 1.82) is 0 Å². The number of carbonyl (C=O) groups excluding carboxylic acids is 1. The Morgan fingerprint density at radius 3 is 2.88 bits per heavy atom. The molecule has 5 rings (SSSR count). The molecule has 0 saturated carbocycles. The molecule has 1 aliphatic heterocycles. The van der Waals surface area contributed by atoms with E-state index in [-0.39, 0.29) is 11.8 Å². The third kappa shape index (κ3) is 4.01. The molecule has 1 saturated heterocycles. The number of amides is 1. The van der Waals surface area contributed by atoms with Crippen LogP contribution in [0.3, 0.4) is 0 Å². The summed E-state index contributed by atoms with van der Waals surface area (Å²) in [5, 5.41) is 8.46. The van der Waals surface area contributed by atoms with E-state index in [0.717, 1.165) is 30.8 Å². The fraction of sp³-hybridized carbons (Fsp3) is 0.304. The minimum absolute atomic E-state index is 0.0140. The second kappa shape index (κ2) is 8.70. The van der Waals surface area contributed by atoms with Gasteiger partial charge in [-0.15, -0.1) is 0 Å². The van der Waals surface area contributed by atoms with Crippen LogP contribution in [0.2, 0.25) is 0 Å². The second-order valence-electron chi connectivity index (χ2n) is 7.96. The smallest absolute Gasteiger partial charge is 0.257 e. The number of rotatable bonds is 5. The zero-order chi connectivity index (χ0) is 21.9. The molecule has 4 aromatic rings. The molecule has 1 fully saturated rings. The van der Waals surface area contributed by atoms with Gasteiger partial charge in [0.15, 0.2) is 0 Å². The summed E-state index contributed by atoms with van der Waals surface area (Å²) in [6, 6.07) is 9.83. The summed E-state index contributed by atoms with van der Waals surface area (Å²) < 4.78 is 7.23. The van der Waals surface area contributed by atoms with Gasteiger partial charge in [0.05, 0.1) is 29.3 Å². The third-order valence-corrected chi connectivity index (χ3v) is 5.77. The molecule has 0 aliphatic carbocycles.